The topological polar surface area (TPSA) is 99.3 Å². The summed E-state index contributed by atoms with van der Waals surface area (Å²) < 4.78 is 32.6. The minimum absolute atomic E-state index is 0.0664. The number of hydrogen-bond donors (Lipinski definition) is 1. The monoisotopic (exact) mass is 422 g/mol. The Kier molecular flexibility index (Phi) is 6.88. The lowest BCUT2D eigenvalue weighted by Crippen LogP contribution is -2.55. The van der Waals surface area contributed by atoms with Crippen molar-refractivity contribution in [3.8, 4) is 0 Å². The Hall–Kier alpha value is -2.43. The van der Waals surface area contributed by atoms with Gasteiger partial charge in [0.2, 0.25) is 10.0 Å². The summed E-state index contributed by atoms with van der Waals surface area (Å²) in [7, 11) is -3.75. The van der Waals surface area contributed by atoms with Gasteiger partial charge in [-0.05, 0) is 18.2 Å². The van der Waals surface area contributed by atoms with Gasteiger partial charge in [-0.15, -0.1) is 6.58 Å². The first-order valence-corrected chi connectivity index (χ1v) is 11.0. The summed E-state index contributed by atoms with van der Waals surface area (Å²) in [5.41, 5.74) is 0.272. The van der Waals surface area contributed by atoms with E-state index in [-0.39, 0.29) is 35.5 Å². The summed E-state index contributed by atoms with van der Waals surface area (Å²) in [6, 6.07) is 5.89. The highest BCUT2D eigenvalue weighted by Crippen LogP contribution is 2.19. The van der Waals surface area contributed by atoms with Crippen LogP contribution in [0.2, 0.25) is 0 Å². The van der Waals surface area contributed by atoms with Crippen LogP contribution in [0.15, 0.2) is 41.8 Å². The van der Waals surface area contributed by atoms with Crippen molar-refractivity contribution in [3.63, 3.8) is 0 Å². The van der Waals surface area contributed by atoms with Crippen LogP contribution in [0.3, 0.4) is 0 Å². The number of hydrogen-bond acceptors (Lipinski definition) is 5. The van der Waals surface area contributed by atoms with Gasteiger partial charge in [-0.1, -0.05) is 12.1 Å². The fourth-order valence-corrected chi connectivity index (χ4v) is 4.76. The first-order chi connectivity index (χ1) is 13.9. The lowest BCUT2D eigenvalue weighted by Gasteiger charge is -2.38. The van der Waals surface area contributed by atoms with Crippen LogP contribution in [-0.2, 0) is 14.8 Å². The third-order valence-electron chi connectivity index (χ3n) is 4.93. The number of rotatable bonds is 5. The van der Waals surface area contributed by atoms with Gasteiger partial charge in [-0.2, -0.15) is 4.31 Å². The fourth-order valence-electron chi connectivity index (χ4n) is 3.29. The van der Waals surface area contributed by atoms with Crippen molar-refractivity contribution in [1.82, 2.24) is 19.4 Å². The molecule has 2 saturated heterocycles. The van der Waals surface area contributed by atoms with Gasteiger partial charge in [0, 0.05) is 51.4 Å². The third kappa shape index (κ3) is 4.95. The van der Waals surface area contributed by atoms with Crippen molar-refractivity contribution in [2.24, 2.45) is 0 Å². The molecule has 0 saturated carbocycles. The van der Waals surface area contributed by atoms with Crippen molar-refractivity contribution in [3.05, 3.63) is 42.5 Å². The molecule has 2 fully saturated rings. The van der Waals surface area contributed by atoms with Gasteiger partial charge in [-0.25, -0.2) is 13.2 Å². The highest BCUT2D eigenvalue weighted by atomic mass is 32.2. The molecule has 2 aliphatic heterocycles. The number of morpholine rings is 1. The van der Waals surface area contributed by atoms with Crippen LogP contribution < -0.4 is 5.32 Å². The van der Waals surface area contributed by atoms with Gasteiger partial charge >= 0.3 is 6.03 Å². The Morgan fingerprint density at radius 3 is 2.38 bits per heavy atom. The second-order valence-corrected chi connectivity index (χ2v) is 8.74. The maximum absolute atomic E-state index is 13.0. The molecule has 0 aromatic heterocycles. The number of piperazine rings is 1. The van der Waals surface area contributed by atoms with E-state index in [9.17, 15) is 18.0 Å². The summed E-state index contributed by atoms with van der Waals surface area (Å²) in [5, 5.41) is 2.63. The summed E-state index contributed by atoms with van der Waals surface area (Å²) in [5.74, 6) is -0.358. The predicted octanol–water partition coefficient (Wildman–Crippen LogP) is 0.361. The van der Waals surface area contributed by atoms with E-state index < -0.39 is 10.0 Å². The molecule has 29 heavy (non-hydrogen) atoms. The van der Waals surface area contributed by atoms with Gasteiger partial charge in [0.15, 0.2) is 0 Å². The number of urea groups is 1. The molecule has 3 rings (SSSR count). The number of nitrogens with zero attached hydrogens (tertiary/aromatic N) is 3. The number of carbonyl (C=O) groups excluding carboxylic acids is 2. The molecule has 0 spiro atoms. The minimum Gasteiger partial charge on any atom is -0.378 e. The van der Waals surface area contributed by atoms with Crippen molar-refractivity contribution in [2.75, 3.05) is 59.0 Å². The summed E-state index contributed by atoms with van der Waals surface area (Å²) in [6.07, 6.45) is 1.55. The Labute approximate surface area is 171 Å². The zero-order valence-corrected chi connectivity index (χ0v) is 17.1. The van der Waals surface area contributed by atoms with E-state index >= 15 is 0 Å². The largest absolute Gasteiger partial charge is 0.378 e. The predicted molar refractivity (Wildman–Crippen MR) is 107 cm³/mol. The summed E-state index contributed by atoms with van der Waals surface area (Å²) in [4.78, 5) is 28.1. The maximum atomic E-state index is 13.0. The van der Waals surface area contributed by atoms with E-state index in [2.05, 4.69) is 11.9 Å². The average Bonchev–Trinajstić information content (AvgIpc) is 2.77. The molecule has 2 aliphatic rings. The van der Waals surface area contributed by atoms with E-state index in [0.29, 0.717) is 45.9 Å². The first-order valence-electron chi connectivity index (χ1n) is 9.54. The van der Waals surface area contributed by atoms with Crippen LogP contribution in [0.25, 0.3) is 0 Å². The van der Waals surface area contributed by atoms with Crippen LogP contribution in [0.5, 0.6) is 0 Å². The number of sulfonamides is 1. The second-order valence-electron chi connectivity index (χ2n) is 6.80. The van der Waals surface area contributed by atoms with Crippen LogP contribution in [0.4, 0.5) is 4.79 Å². The highest BCUT2D eigenvalue weighted by Gasteiger charge is 2.32. The molecular weight excluding hydrogens is 396 g/mol. The van der Waals surface area contributed by atoms with Gasteiger partial charge in [0.25, 0.3) is 5.91 Å². The number of nitrogens with one attached hydrogen (secondary N) is 1. The van der Waals surface area contributed by atoms with Crippen molar-refractivity contribution >= 4 is 22.0 Å². The molecule has 1 aromatic carbocycles. The molecule has 0 atom stereocenters. The number of benzene rings is 1. The van der Waals surface area contributed by atoms with Crippen molar-refractivity contribution < 1.29 is 22.7 Å². The van der Waals surface area contributed by atoms with Gasteiger partial charge in [0.1, 0.15) is 0 Å². The van der Waals surface area contributed by atoms with E-state index in [1.807, 2.05) is 0 Å². The molecule has 1 N–H and O–H groups in total. The standard InChI is InChI=1S/C19H26N4O5S/c1-2-6-20-18(24)16-4-3-5-17(15-16)29(26,27)23-9-7-21(8-10-23)19(25)22-11-13-28-14-12-22/h2-5,15H,1,6-14H2,(H,20,24). The number of ether oxygens (including phenoxy) is 1. The smallest absolute Gasteiger partial charge is 0.320 e. The van der Waals surface area contributed by atoms with E-state index in [1.54, 1.807) is 28.0 Å². The normalized spacial score (nSPS) is 18.3. The minimum atomic E-state index is -3.75. The van der Waals surface area contributed by atoms with E-state index in [4.69, 9.17) is 4.74 Å². The number of carbonyl (C=O) groups is 2. The molecule has 2 heterocycles. The van der Waals surface area contributed by atoms with Crippen LogP contribution in [0, 0.1) is 0 Å². The molecule has 0 unspecified atom stereocenters. The van der Waals surface area contributed by atoms with Crippen LogP contribution in [0.1, 0.15) is 10.4 Å². The van der Waals surface area contributed by atoms with E-state index in [0.717, 1.165) is 0 Å². The number of amides is 3. The summed E-state index contributed by atoms with van der Waals surface area (Å²) in [6.45, 7) is 7.08. The molecule has 0 bridgehead atoms. The van der Waals surface area contributed by atoms with Crippen molar-refractivity contribution in [1.29, 1.82) is 0 Å². The Morgan fingerprint density at radius 1 is 1.07 bits per heavy atom. The van der Waals surface area contributed by atoms with Gasteiger partial charge < -0.3 is 19.9 Å². The quantitative estimate of drug-likeness (QED) is 0.691. The molecule has 1 aromatic rings. The van der Waals surface area contributed by atoms with Crippen LogP contribution in [-0.4, -0.2) is 93.5 Å². The van der Waals surface area contributed by atoms with Gasteiger partial charge in [-0.3, -0.25) is 4.79 Å². The Balaban J connectivity index is 1.64. The lowest BCUT2D eigenvalue weighted by molar-refractivity contribution is 0.0405. The summed E-state index contributed by atoms with van der Waals surface area (Å²) >= 11 is 0. The fraction of sp³-hybridized carbons (Fsp3) is 0.474. The molecule has 3 amide bonds. The van der Waals surface area contributed by atoms with Gasteiger partial charge in [0.05, 0.1) is 18.1 Å². The Bertz CT molecular complexity index is 859. The third-order valence-corrected chi connectivity index (χ3v) is 6.83. The molecule has 10 heteroatoms. The van der Waals surface area contributed by atoms with Crippen LogP contribution >= 0.6 is 0 Å². The average molecular weight is 423 g/mol. The second kappa shape index (κ2) is 9.38. The first kappa shape index (κ1) is 21.3. The molecule has 0 radical (unpaired) electrons. The SMILES string of the molecule is C=CCNC(=O)c1cccc(S(=O)(=O)N2CCN(C(=O)N3CCOCC3)CC2)c1. The zero-order valence-electron chi connectivity index (χ0n) is 16.2. The lowest BCUT2D eigenvalue weighted by atomic mass is 10.2. The van der Waals surface area contributed by atoms with E-state index in [1.165, 1.54) is 16.4 Å². The van der Waals surface area contributed by atoms with Crippen molar-refractivity contribution in [2.45, 2.75) is 4.90 Å². The Morgan fingerprint density at radius 2 is 1.72 bits per heavy atom. The molecular formula is C19H26N4O5S. The highest BCUT2D eigenvalue weighted by molar-refractivity contribution is 7.89. The molecule has 0 aliphatic carbocycles. The zero-order chi connectivity index (χ0) is 20.9. The molecule has 9 nitrogen and oxygen atoms in total. The molecule has 158 valence electrons. The maximum Gasteiger partial charge on any atom is 0.320 e.